The molecule has 0 atom stereocenters. The summed E-state index contributed by atoms with van der Waals surface area (Å²) in [6.45, 7) is 2.64. The van der Waals surface area contributed by atoms with Crippen molar-refractivity contribution in [3.63, 3.8) is 0 Å². The fraction of sp³-hybridized carbons (Fsp3) is 0.364. The van der Waals surface area contributed by atoms with Crippen LogP contribution in [0.5, 0.6) is 0 Å². The van der Waals surface area contributed by atoms with Gasteiger partial charge in [-0.2, -0.15) is 4.31 Å². The van der Waals surface area contributed by atoms with E-state index in [1.165, 1.54) is 18.2 Å². The van der Waals surface area contributed by atoms with E-state index in [0.717, 1.165) is 4.31 Å². The Bertz CT molecular complexity index is 588. The Morgan fingerprint density at radius 2 is 2.05 bits per heavy atom. The zero-order chi connectivity index (χ0) is 14.8. The molecular weight excluding hydrogens is 358 g/mol. The van der Waals surface area contributed by atoms with Crippen molar-refractivity contribution in [3.05, 3.63) is 27.7 Å². The Balaban J connectivity index is 3.30. The maximum atomic E-state index is 12.4. The van der Waals surface area contributed by atoms with Crippen LogP contribution < -0.4 is 0 Å². The summed E-state index contributed by atoms with van der Waals surface area (Å²) in [5.41, 5.74) is 0. The third-order valence-corrected chi connectivity index (χ3v) is 5.58. The van der Waals surface area contributed by atoms with Gasteiger partial charge in [-0.1, -0.05) is 11.6 Å². The number of carboxylic acid groups (broad SMARTS) is 1. The molecule has 1 N–H and O–H groups in total. The van der Waals surface area contributed by atoms with E-state index >= 15 is 0 Å². The predicted molar refractivity (Wildman–Crippen MR) is 75.8 cm³/mol. The monoisotopic (exact) mass is 369 g/mol. The highest BCUT2D eigenvalue weighted by Crippen LogP contribution is 2.28. The first-order valence-electron chi connectivity index (χ1n) is 5.35. The number of nitrogens with zero attached hydrogens (tertiary/aromatic N) is 1. The molecule has 0 bridgehead atoms. The van der Waals surface area contributed by atoms with Crippen LogP contribution in [0.2, 0.25) is 5.02 Å². The fourth-order valence-electron chi connectivity index (χ4n) is 1.49. The zero-order valence-corrected chi connectivity index (χ0v) is 13.5. The quantitative estimate of drug-likeness (QED) is 0.864. The van der Waals surface area contributed by atoms with Crippen molar-refractivity contribution in [2.24, 2.45) is 0 Å². The normalized spacial score (nSPS) is 12.1. The van der Waals surface area contributed by atoms with E-state index in [-0.39, 0.29) is 4.90 Å². The summed E-state index contributed by atoms with van der Waals surface area (Å²) in [6, 6.07) is 3.77. The van der Waals surface area contributed by atoms with Crippen LogP contribution in [-0.4, -0.2) is 36.4 Å². The first-order chi connectivity index (χ1) is 8.66. The van der Waals surface area contributed by atoms with Crippen molar-refractivity contribution in [3.8, 4) is 0 Å². The van der Waals surface area contributed by atoms with E-state index in [9.17, 15) is 13.2 Å². The molecule has 0 aromatic heterocycles. The molecule has 0 aliphatic rings. The molecular formula is C11H13BrClNO4S. The van der Waals surface area contributed by atoms with Crippen molar-refractivity contribution in [2.75, 3.05) is 6.54 Å². The molecule has 0 amide bonds. The van der Waals surface area contributed by atoms with E-state index in [2.05, 4.69) is 15.9 Å². The molecule has 0 spiro atoms. The summed E-state index contributed by atoms with van der Waals surface area (Å²) in [6.07, 6.45) is 0. The van der Waals surface area contributed by atoms with E-state index in [4.69, 9.17) is 16.7 Å². The largest absolute Gasteiger partial charge is 0.480 e. The maximum Gasteiger partial charge on any atom is 0.318 e. The molecule has 1 rings (SSSR count). The first kappa shape index (κ1) is 16.4. The molecule has 0 saturated heterocycles. The SMILES string of the molecule is CC(C)N(CC(=O)O)S(=O)(=O)c1ccc(Cl)cc1Br. The van der Waals surface area contributed by atoms with Crippen molar-refractivity contribution in [1.82, 2.24) is 4.31 Å². The van der Waals surface area contributed by atoms with Crippen LogP contribution in [0, 0.1) is 0 Å². The number of carbonyl (C=O) groups is 1. The summed E-state index contributed by atoms with van der Waals surface area (Å²) in [4.78, 5) is 10.8. The van der Waals surface area contributed by atoms with Gasteiger partial charge in [-0.25, -0.2) is 8.42 Å². The smallest absolute Gasteiger partial charge is 0.318 e. The summed E-state index contributed by atoms with van der Waals surface area (Å²) in [7, 11) is -3.90. The molecule has 0 fully saturated rings. The second kappa shape index (κ2) is 6.21. The van der Waals surface area contributed by atoms with Crippen molar-refractivity contribution >= 4 is 43.5 Å². The Morgan fingerprint density at radius 1 is 1.47 bits per heavy atom. The van der Waals surface area contributed by atoms with Crippen LogP contribution in [0.4, 0.5) is 0 Å². The van der Waals surface area contributed by atoms with Gasteiger partial charge in [-0.15, -0.1) is 0 Å². The molecule has 0 heterocycles. The van der Waals surface area contributed by atoms with Crippen LogP contribution >= 0.6 is 27.5 Å². The van der Waals surface area contributed by atoms with Gasteiger partial charge in [0, 0.05) is 15.5 Å². The number of halogens is 2. The number of sulfonamides is 1. The Kier molecular flexibility index (Phi) is 5.37. The molecule has 0 saturated carbocycles. The number of hydrogen-bond acceptors (Lipinski definition) is 3. The second-order valence-electron chi connectivity index (χ2n) is 4.11. The van der Waals surface area contributed by atoms with E-state index in [1.54, 1.807) is 13.8 Å². The van der Waals surface area contributed by atoms with Crippen LogP contribution in [0.25, 0.3) is 0 Å². The van der Waals surface area contributed by atoms with Gasteiger partial charge in [0.05, 0.1) is 4.90 Å². The molecule has 0 aliphatic heterocycles. The fourth-order valence-corrected chi connectivity index (χ4v) is 4.42. The summed E-state index contributed by atoms with van der Waals surface area (Å²) in [5.74, 6) is -1.21. The highest BCUT2D eigenvalue weighted by molar-refractivity contribution is 9.10. The minimum absolute atomic E-state index is 0.00755. The molecule has 106 valence electrons. The lowest BCUT2D eigenvalue weighted by molar-refractivity contribution is -0.137. The molecule has 0 radical (unpaired) electrons. The third kappa shape index (κ3) is 3.92. The van der Waals surface area contributed by atoms with Gasteiger partial charge < -0.3 is 5.11 Å². The summed E-state index contributed by atoms with van der Waals surface area (Å²) in [5, 5.41) is 9.21. The highest BCUT2D eigenvalue weighted by Gasteiger charge is 2.30. The molecule has 8 heteroatoms. The Labute approximate surface area is 125 Å². The van der Waals surface area contributed by atoms with Gasteiger partial charge in [-0.3, -0.25) is 4.79 Å². The number of hydrogen-bond donors (Lipinski definition) is 1. The van der Waals surface area contributed by atoms with E-state index in [0.29, 0.717) is 9.50 Å². The Morgan fingerprint density at radius 3 is 2.47 bits per heavy atom. The molecule has 0 unspecified atom stereocenters. The molecule has 5 nitrogen and oxygen atoms in total. The van der Waals surface area contributed by atoms with Crippen molar-refractivity contribution < 1.29 is 18.3 Å². The minimum atomic E-state index is -3.90. The third-order valence-electron chi connectivity index (χ3n) is 2.35. The molecule has 19 heavy (non-hydrogen) atoms. The lowest BCUT2D eigenvalue weighted by Gasteiger charge is -2.24. The average molecular weight is 371 g/mol. The van der Waals surface area contributed by atoms with Crippen molar-refractivity contribution in [1.29, 1.82) is 0 Å². The number of benzene rings is 1. The van der Waals surface area contributed by atoms with Gasteiger partial charge in [0.15, 0.2) is 0 Å². The highest BCUT2D eigenvalue weighted by atomic mass is 79.9. The molecule has 1 aromatic carbocycles. The number of rotatable bonds is 5. The van der Waals surface area contributed by atoms with Gasteiger partial charge in [0.25, 0.3) is 0 Å². The lowest BCUT2D eigenvalue weighted by atomic mass is 10.4. The maximum absolute atomic E-state index is 12.4. The van der Waals surface area contributed by atoms with Crippen molar-refractivity contribution in [2.45, 2.75) is 24.8 Å². The molecule has 1 aromatic rings. The van der Waals surface area contributed by atoms with Crippen LogP contribution in [-0.2, 0) is 14.8 Å². The number of aliphatic carboxylic acids is 1. The first-order valence-corrected chi connectivity index (χ1v) is 7.96. The van der Waals surface area contributed by atoms with Crippen LogP contribution in [0.1, 0.15) is 13.8 Å². The molecule has 0 aliphatic carbocycles. The van der Waals surface area contributed by atoms with E-state index in [1.807, 2.05) is 0 Å². The minimum Gasteiger partial charge on any atom is -0.480 e. The topological polar surface area (TPSA) is 74.7 Å². The summed E-state index contributed by atoms with van der Waals surface area (Å²) >= 11 is 8.89. The van der Waals surface area contributed by atoms with Gasteiger partial charge >= 0.3 is 5.97 Å². The predicted octanol–water partition coefficient (Wildman–Crippen LogP) is 2.59. The summed E-state index contributed by atoms with van der Waals surface area (Å²) < 4.78 is 26.1. The zero-order valence-electron chi connectivity index (χ0n) is 10.3. The second-order valence-corrected chi connectivity index (χ2v) is 7.26. The van der Waals surface area contributed by atoms with Gasteiger partial charge in [0.1, 0.15) is 6.54 Å². The van der Waals surface area contributed by atoms with Crippen LogP contribution in [0.15, 0.2) is 27.6 Å². The standard InChI is InChI=1S/C11H13BrClNO4S/c1-7(2)14(6-11(15)16)19(17,18)10-4-3-8(13)5-9(10)12/h3-5,7H,6H2,1-2H3,(H,15,16). The van der Waals surface area contributed by atoms with Crippen LogP contribution in [0.3, 0.4) is 0 Å². The Hall–Kier alpha value is -0.630. The average Bonchev–Trinajstić information content (AvgIpc) is 2.24. The van der Waals surface area contributed by atoms with E-state index < -0.39 is 28.6 Å². The van der Waals surface area contributed by atoms with Gasteiger partial charge in [-0.05, 0) is 48.0 Å². The van der Waals surface area contributed by atoms with Gasteiger partial charge in [0.2, 0.25) is 10.0 Å². The lowest BCUT2D eigenvalue weighted by Crippen LogP contribution is -2.40. The number of carboxylic acids is 1.